The number of carbonyl (C=O) groups excluding carboxylic acids is 1. The summed E-state index contributed by atoms with van der Waals surface area (Å²) in [6.07, 6.45) is 9.79. The third-order valence-electron chi connectivity index (χ3n) is 6.87. The van der Waals surface area contributed by atoms with Crippen LogP contribution in [0.15, 0.2) is 30.6 Å². The van der Waals surface area contributed by atoms with Crippen LogP contribution in [0.1, 0.15) is 54.4 Å². The molecule has 2 N–H and O–H groups in total. The predicted molar refractivity (Wildman–Crippen MR) is 131 cm³/mol. The Bertz CT molecular complexity index is 931. The third kappa shape index (κ3) is 5.95. The van der Waals surface area contributed by atoms with Crippen molar-refractivity contribution in [2.75, 3.05) is 37.7 Å². The number of amides is 1. The van der Waals surface area contributed by atoms with Crippen LogP contribution in [-0.4, -0.2) is 59.6 Å². The molecule has 3 heterocycles. The second-order valence-corrected chi connectivity index (χ2v) is 9.57. The van der Waals surface area contributed by atoms with Crippen LogP contribution >= 0.6 is 11.6 Å². The predicted octanol–water partition coefficient (Wildman–Crippen LogP) is 4.08. The van der Waals surface area contributed by atoms with Crippen molar-refractivity contribution in [3.05, 3.63) is 46.7 Å². The highest BCUT2D eigenvalue weighted by atomic mass is 35.5. The van der Waals surface area contributed by atoms with Crippen molar-refractivity contribution in [1.82, 2.24) is 14.9 Å². The van der Waals surface area contributed by atoms with E-state index in [4.69, 9.17) is 22.1 Å². The largest absolute Gasteiger partial charge is 0.494 e. The zero-order valence-electron chi connectivity index (χ0n) is 19.4. The summed E-state index contributed by atoms with van der Waals surface area (Å²) in [5.41, 5.74) is 7.54. The molecule has 0 radical (unpaired) electrons. The molecule has 0 unspecified atom stereocenters. The Morgan fingerprint density at radius 2 is 1.94 bits per heavy atom. The zero-order valence-corrected chi connectivity index (χ0v) is 20.1. The Balaban J connectivity index is 1.19. The van der Waals surface area contributed by atoms with Gasteiger partial charge in [-0.1, -0.05) is 11.6 Å². The quantitative estimate of drug-likeness (QED) is 0.584. The molecule has 2 fully saturated rings. The molecule has 1 atom stereocenters. The number of aryl methyl sites for hydroxylation is 1. The second kappa shape index (κ2) is 11.2. The first-order chi connectivity index (χ1) is 16.0. The molecule has 0 bridgehead atoms. The molecule has 0 spiro atoms. The SMILES string of the molecule is Cc1cc(OCCCC2CCN(c3ncc(Cl)cn3)CC2)ccc1C(=O)N1CCC[C@H]1CN. The molecule has 2 saturated heterocycles. The van der Waals surface area contributed by atoms with Gasteiger partial charge in [-0.25, -0.2) is 9.97 Å². The summed E-state index contributed by atoms with van der Waals surface area (Å²) in [6.45, 7) is 5.94. The van der Waals surface area contributed by atoms with Crippen LogP contribution in [-0.2, 0) is 0 Å². The van der Waals surface area contributed by atoms with E-state index in [0.29, 0.717) is 24.1 Å². The van der Waals surface area contributed by atoms with E-state index < -0.39 is 0 Å². The van der Waals surface area contributed by atoms with Crippen molar-refractivity contribution < 1.29 is 9.53 Å². The summed E-state index contributed by atoms with van der Waals surface area (Å²) in [7, 11) is 0. The minimum Gasteiger partial charge on any atom is -0.494 e. The van der Waals surface area contributed by atoms with Crippen LogP contribution < -0.4 is 15.4 Å². The summed E-state index contributed by atoms with van der Waals surface area (Å²) < 4.78 is 5.99. The van der Waals surface area contributed by atoms with Gasteiger partial charge < -0.3 is 20.3 Å². The first kappa shape index (κ1) is 23.8. The van der Waals surface area contributed by atoms with Crippen molar-refractivity contribution in [2.45, 2.75) is 51.5 Å². The molecule has 1 aromatic carbocycles. The normalized spacial score (nSPS) is 19.2. The topological polar surface area (TPSA) is 84.6 Å². The highest BCUT2D eigenvalue weighted by Crippen LogP contribution is 2.26. The maximum absolute atomic E-state index is 12.9. The fourth-order valence-corrected chi connectivity index (χ4v) is 5.02. The monoisotopic (exact) mass is 471 g/mol. The molecule has 7 nitrogen and oxygen atoms in total. The smallest absolute Gasteiger partial charge is 0.254 e. The lowest BCUT2D eigenvalue weighted by Gasteiger charge is -2.32. The fraction of sp³-hybridized carbons (Fsp3) is 0.560. The van der Waals surface area contributed by atoms with E-state index >= 15 is 0 Å². The van der Waals surface area contributed by atoms with Crippen LogP contribution in [0.25, 0.3) is 0 Å². The molecule has 1 amide bonds. The van der Waals surface area contributed by atoms with E-state index in [0.717, 1.165) is 81.0 Å². The highest BCUT2D eigenvalue weighted by molar-refractivity contribution is 6.30. The van der Waals surface area contributed by atoms with Gasteiger partial charge in [-0.05, 0) is 75.1 Å². The Morgan fingerprint density at radius 1 is 1.18 bits per heavy atom. The Morgan fingerprint density at radius 3 is 2.64 bits per heavy atom. The third-order valence-corrected chi connectivity index (χ3v) is 7.06. The van der Waals surface area contributed by atoms with Gasteiger partial charge in [0.05, 0.1) is 24.0 Å². The van der Waals surface area contributed by atoms with Gasteiger partial charge in [0, 0.05) is 37.8 Å². The molecule has 8 heteroatoms. The maximum atomic E-state index is 12.9. The molecular formula is C25H34ClN5O2. The molecule has 2 aliphatic rings. The number of aromatic nitrogens is 2. The number of nitrogens with zero attached hydrogens (tertiary/aromatic N) is 4. The van der Waals surface area contributed by atoms with Crippen LogP contribution in [0.3, 0.4) is 0 Å². The number of likely N-dealkylation sites (tertiary alicyclic amines) is 1. The van der Waals surface area contributed by atoms with Gasteiger partial charge in [0.15, 0.2) is 0 Å². The molecule has 2 aromatic rings. The second-order valence-electron chi connectivity index (χ2n) is 9.13. The molecule has 2 aliphatic heterocycles. The number of ether oxygens (including phenoxy) is 1. The van der Waals surface area contributed by atoms with E-state index in [1.165, 1.54) is 0 Å². The summed E-state index contributed by atoms with van der Waals surface area (Å²) in [5.74, 6) is 2.38. The van der Waals surface area contributed by atoms with Gasteiger partial charge in [-0.3, -0.25) is 4.79 Å². The van der Waals surface area contributed by atoms with Crippen LogP contribution in [0.4, 0.5) is 5.95 Å². The molecule has 0 aliphatic carbocycles. The minimum atomic E-state index is 0.0855. The van der Waals surface area contributed by atoms with Crippen LogP contribution in [0, 0.1) is 12.8 Å². The Hall–Kier alpha value is -2.38. The van der Waals surface area contributed by atoms with Crippen molar-refractivity contribution in [3.63, 3.8) is 0 Å². The molecule has 1 aromatic heterocycles. The summed E-state index contributed by atoms with van der Waals surface area (Å²) in [6, 6.07) is 5.95. The Labute approximate surface area is 201 Å². The van der Waals surface area contributed by atoms with Gasteiger partial charge in [0.1, 0.15) is 5.75 Å². The van der Waals surface area contributed by atoms with Gasteiger partial charge in [0.2, 0.25) is 5.95 Å². The van der Waals surface area contributed by atoms with Crippen molar-refractivity contribution in [1.29, 1.82) is 0 Å². The fourth-order valence-electron chi connectivity index (χ4n) is 4.92. The molecule has 4 rings (SSSR count). The van der Waals surface area contributed by atoms with Crippen molar-refractivity contribution >= 4 is 23.5 Å². The van der Waals surface area contributed by atoms with Crippen molar-refractivity contribution in [3.8, 4) is 5.75 Å². The van der Waals surface area contributed by atoms with Gasteiger partial charge in [0.25, 0.3) is 5.91 Å². The minimum absolute atomic E-state index is 0.0855. The molecular weight excluding hydrogens is 438 g/mol. The number of nitrogens with two attached hydrogens (primary N) is 1. The summed E-state index contributed by atoms with van der Waals surface area (Å²) in [5, 5.41) is 0.567. The van der Waals surface area contributed by atoms with Gasteiger partial charge >= 0.3 is 0 Å². The Kier molecular flexibility index (Phi) is 8.04. The molecule has 33 heavy (non-hydrogen) atoms. The molecule has 178 valence electrons. The van der Waals surface area contributed by atoms with Crippen molar-refractivity contribution in [2.24, 2.45) is 11.7 Å². The summed E-state index contributed by atoms with van der Waals surface area (Å²) >= 11 is 5.88. The van der Waals surface area contributed by atoms with E-state index in [9.17, 15) is 4.79 Å². The lowest BCUT2D eigenvalue weighted by molar-refractivity contribution is 0.0740. The van der Waals surface area contributed by atoms with Crippen LogP contribution in [0.5, 0.6) is 5.75 Å². The number of benzene rings is 1. The van der Waals surface area contributed by atoms with E-state index in [-0.39, 0.29) is 11.9 Å². The number of piperidine rings is 1. The number of hydrogen-bond acceptors (Lipinski definition) is 6. The van der Waals surface area contributed by atoms with Crippen LogP contribution in [0.2, 0.25) is 5.02 Å². The van der Waals surface area contributed by atoms with E-state index in [1.807, 2.05) is 30.0 Å². The highest BCUT2D eigenvalue weighted by Gasteiger charge is 2.29. The average molecular weight is 472 g/mol. The number of rotatable bonds is 8. The number of carbonyl (C=O) groups is 1. The number of halogens is 1. The molecule has 0 saturated carbocycles. The maximum Gasteiger partial charge on any atom is 0.254 e. The average Bonchev–Trinajstić information content (AvgIpc) is 3.31. The van der Waals surface area contributed by atoms with E-state index in [2.05, 4.69) is 14.9 Å². The van der Waals surface area contributed by atoms with E-state index in [1.54, 1.807) is 12.4 Å². The van der Waals surface area contributed by atoms with Gasteiger partial charge in [-0.15, -0.1) is 0 Å². The standard InChI is InChI=1S/C25H34ClN5O2/c1-18-14-22(6-7-23(18)24(32)31-10-2-5-21(31)15-27)33-13-3-4-19-8-11-30(12-9-19)25-28-16-20(26)17-29-25/h6-7,14,16-17,19,21H,2-5,8-13,15,27H2,1H3/t21-/m0/s1. The lowest BCUT2D eigenvalue weighted by atomic mass is 9.92. The first-order valence-electron chi connectivity index (χ1n) is 12.0. The first-order valence-corrected chi connectivity index (χ1v) is 12.4. The zero-order chi connectivity index (χ0) is 23.2. The summed E-state index contributed by atoms with van der Waals surface area (Å²) in [4.78, 5) is 25.7. The number of anilines is 1. The number of hydrogen-bond donors (Lipinski definition) is 1. The van der Waals surface area contributed by atoms with Gasteiger partial charge in [-0.2, -0.15) is 0 Å². The lowest BCUT2D eigenvalue weighted by Crippen LogP contribution is -2.40.